The highest BCUT2D eigenvalue weighted by atomic mass is 35.5. The van der Waals surface area contributed by atoms with Crippen molar-refractivity contribution < 1.29 is 9.21 Å². The lowest BCUT2D eigenvalue weighted by atomic mass is 10.2. The van der Waals surface area contributed by atoms with Crippen molar-refractivity contribution in [2.75, 3.05) is 4.90 Å². The number of hydrogen-bond donors (Lipinski definition) is 0. The monoisotopic (exact) mass is 456 g/mol. The molecule has 4 nitrogen and oxygen atoms in total. The number of hydrogen-bond acceptors (Lipinski definition) is 4. The Morgan fingerprint density at radius 2 is 1.53 bits per heavy atom. The third kappa shape index (κ3) is 4.26. The van der Waals surface area contributed by atoms with Crippen molar-refractivity contribution in [3.63, 3.8) is 0 Å². The van der Waals surface area contributed by atoms with Crippen LogP contribution < -0.4 is 4.90 Å². The molecular weight excluding hydrogens is 440 g/mol. The number of carbonyl (C=O) groups is 1. The van der Waals surface area contributed by atoms with Crippen molar-refractivity contribution in [1.29, 1.82) is 0 Å². The topological polar surface area (TPSA) is 45.8 Å². The lowest BCUT2D eigenvalue weighted by Crippen LogP contribution is -2.28. The third-order valence-electron chi connectivity index (χ3n) is 4.83. The first-order valence-electron chi connectivity index (χ1n) is 9.96. The summed E-state index contributed by atoms with van der Waals surface area (Å²) in [5.74, 6) is 1.17. The molecule has 5 rings (SSSR count). The van der Waals surface area contributed by atoms with Crippen molar-refractivity contribution in [2.45, 2.75) is 0 Å². The first kappa shape index (κ1) is 20.4. The van der Waals surface area contributed by atoms with Crippen LogP contribution in [0.1, 0.15) is 5.76 Å². The highest BCUT2D eigenvalue weighted by Gasteiger charge is 2.35. The van der Waals surface area contributed by atoms with Crippen molar-refractivity contribution in [3.8, 4) is 11.3 Å². The van der Waals surface area contributed by atoms with E-state index in [4.69, 9.17) is 21.0 Å². The molecule has 3 aromatic carbocycles. The van der Waals surface area contributed by atoms with E-state index in [2.05, 4.69) is 0 Å². The Morgan fingerprint density at radius 3 is 2.25 bits per heavy atom. The maximum Gasteiger partial charge on any atom is 0.271 e. The molecule has 1 fully saturated rings. The quantitative estimate of drug-likeness (QED) is 0.300. The molecule has 0 atom stereocenters. The van der Waals surface area contributed by atoms with Crippen molar-refractivity contribution in [3.05, 3.63) is 113 Å². The van der Waals surface area contributed by atoms with E-state index in [1.807, 2.05) is 97.1 Å². The molecule has 1 aliphatic heterocycles. The third-order valence-corrected chi connectivity index (χ3v) is 6.05. The van der Waals surface area contributed by atoms with Crippen LogP contribution in [0.4, 0.5) is 11.4 Å². The number of rotatable bonds is 4. The fourth-order valence-electron chi connectivity index (χ4n) is 3.30. The van der Waals surface area contributed by atoms with Gasteiger partial charge < -0.3 is 4.42 Å². The highest BCUT2D eigenvalue weighted by molar-refractivity contribution is 8.19. The van der Waals surface area contributed by atoms with E-state index in [1.54, 1.807) is 11.0 Å². The van der Waals surface area contributed by atoms with Crippen molar-refractivity contribution >= 4 is 51.9 Å². The summed E-state index contributed by atoms with van der Waals surface area (Å²) in [6.07, 6.45) is 1.76. The zero-order valence-electron chi connectivity index (χ0n) is 16.8. The zero-order chi connectivity index (χ0) is 21.9. The summed E-state index contributed by atoms with van der Waals surface area (Å²) in [7, 11) is 0. The van der Waals surface area contributed by atoms with Gasteiger partial charge in [-0.15, -0.1) is 0 Å². The first-order chi connectivity index (χ1) is 15.7. The van der Waals surface area contributed by atoms with Crippen LogP contribution in [0.25, 0.3) is 17.4 Å². The molecule has 6 heteroatoms. The van der Waals surface area contributed by atoms with E-state index < -0.39 is 0 Å². The average molecular weight is 457 g/mol. The molecule has 1 aliphatic rings. The minimum absolute atomic E-state index is 0.139. The van der Waals surface area contributed by atoms with Crippen molar-refractivity contribution in [2.24, 2.45) is 4.99 Å². The number of thioether (sulfide) groups is 1. The molecule has 0 N–H and O–H groups in total. The Hall–Kier alpha value is -3.54. The van der Waals surface area contributed by atoms with Crippen LogP contribution in [0.3, 0.4) is 0 Å². The van der Waals surface area contributed by atoms with Crippen LogP contribution in [0.5, 0.6) is 0 Å². The fraction of sp³-hybridized carbons (Fsp3) is 0. The van der Waals surface area contributed by atoms with Crippen molar-refractivity contribution in [1.82, 2.24) is 0 Å². The van der Waals surface area contributed by atoms with Gasteiger partial charge in [-0.3, -0.25) is 9.69 Å². The number of nitrogens with zero attached hydrogens (tertiary/aromatic N) is 2. The standard InChI is InChI=1S/C26H17ClN2O2S/c27-19-13-11-18(12-14-19)23-16-15-22(31-23)17-24-25(30)29(21-9-5-2-6-10-21)26(32-24)28-20-7-3-1-4-8-20/h1-17H/b24-17+,28-26?. The minimum atomic E-state index is -0.139. The van der Waals surface area contributed by atoms with Crippen LogP contribution in [-0.2, 0) is 4.79 Å². The predicted molar refractivity (Wildman–Crippen MR) is 132 cm³/mol. The van der Waals surface area contributed by atoms with Crippen LogP contribution in [-0.4, -0.2) is 11.1 Å². The minimum Gasteiger partial charge on any atom is -0.457 e. The van der Waals surface area contributed by atoms with Crippen LogP contribution in [0, 0.1) is 0 Å². The second-order valence-electron chi connectivity index (χ2n) is 7.03. The number of aliphatic imine (C=N–C) groups is 1. The van der Waals surface area contributed by atoms with Gasteiger partial charge in [0.15, 0.2) is 5.17 Å². The molecule has 0 spiro atoms. The second-order valence-corrected chi connectivity index (χ2v) is 8.47. The number of amides is 1. The number of para-hydroxylation sites is 2. The number of amidine groups is 1. The number of anilines is 1. The predicted octanol–water partition coefficient (Wildman–Crippen LogP) is 7.41. The van der Waals surface area contributed by atoms with E-state index in [1.165, 1.54) is 11.8 Å². The molecule has 1 aromatic heterocycles. The molecule has 1 saturated heterocycles. The molecule has 1 amide bonds. The second kappa shape index (κ2) is 8.91. The van der Waals surface area contributed by atoms with E-state index in [9.17, 15) is 4.79 Å². The molecule has 4 aromatic rings. The van der Waals surface area contributed by atoms with Gasteiger partial charge in [0, 0.05) is 16.7 Å². The molecule has 0 unspecified atom stereocenters. The van der Waals surface area contributed by atoms with Gasteiger partial charge in [-0.05, 0) is 72.4 Å². The van der Waals surface area contributed by atoms with Crippen LogP contribution >= 0.6 is 23.4 Å². The maximum absolute atomic E-state index is 13.3. The highest BCUT2D eigenvalue weighted by Crippen LogP contribution is 2.37. The van der Waals surface area contributed by atoms with Gasteiger partial charge in [-0.25, -0.2) is 4.99 Å². The summed E-state index contributed by atoms with van der Waals surface area (Å²) >= 11 is 7.30. The SMILES string of the molecule is O=C1/C(=C\c2ccc(-c3ccc(Cl)cc3)o2)SC(=Nc2ccccc2)N1c1ccccc1. The van der Waals surface area contributed by atoms with E-state index >= 15 is 0 Å². The van der Waals surface area contributed by atoms with Gasteiger partial charge in [0.2, 0.25) is 0 Å². The number of halogens is 1. The average Bonchev–Trinajstić information content (AvgIpc) is 3.40. The Kier molecular flexibility index (Phi) is 5.67. The van der Waals surface area contributed by atoms with E-state index in [-0.39, 0.29) is 5.91 Å². The first-order valence-corrected chi connectivity index (χ1v) is 11.2. The summed E-state index contributed by atoms with van der Waals surface area (Å²) < 4.78 is 5.97. The van der Waals surface area contributed by atoms with E-state index in [0.717, 1.165) is 16.9 Å². The summed E-state index contributed by atoms with van der Waals surface area (Å²) in [6, 6.07) is 30.3. The van der Waals surface area contributed by atoms with Gasteiger partial charge in [0.25, 0.3) is 5.91 Å². The van der Waals surface area contributed by atoms with Gasteiger partial charge in [0.05, 0.1) is 16.3 Å². The molecule has 32 heavy (non-hydrogen) atoms. The molecule has 156 valence electrons. The lowest BCUT2D eigenvalue weighted by molar-refractivity contribution is -0.113. The summed E-state index contributed by atoms with van der Waals surface area (Å²) in [6.45, 7) is 0. The van der Waals surface area contributed by atoms with Gasteiger partial charge in [-0.2, -0.15) is 0 Å². The van der Waals surface area contributed by atoms with Gasteiger partial charge in [-0.1, -0.05) is 48.0 Å². The molecular formula is C26H17ClN2O2S. The molecule has 2 heterocycles. The Labute approximate surface area is 194 Å². The molecule has 0 radical (unpaired) electrons. The molecule has 0 aliphatic carbocycles. The number of carbonyl (C=O) groups excluding carboxylic acids is 1. The van der Waals surface area contributed by atoms with Crippen LogP contribution in [0.2, 0.25) is 5.02 Å². The number of furan rings is 1. The summed E-state index contributed by atoms with van der Waals surface area (Å²) in [4.78, 5) is 20.2. The van der Waals surface area contributed by atoms with Crippen LogP contribution in [0.15, 0.2) is 111 Å². The Balaban J connectivity index is 1.50. The normalized spacial score (nSPS) is 16.3. The van der Waals surface area contributed by atoms with E-state index in [0.29, 0.717) is 26.6 Å². The lowest BCUT2D eigenvalue weighted by Gasteiger charge is -2.15. The zero-order valence-corrected chi connectivity index (χ0v) is 18.4. The maximum atomic E-state index is 13.3. The van der Waals surface area contributed by atoms with Gasteiger partial charge >= 0.3 is 0 Å². The molecule has 0 bridgehead atoms. The summed E-state index contributed by atoms with van der Waals surface area (Å²) in [5.41, 5.74) is 2.47. The van der Waals surface area contributed by atoms with Gasteiger partial charge in [0.1, 0.15) is 11.5 Å². The fourth-order valence-corrected chi connectivity index (χ4v) is 4.40. The smallest absolute Gasteiger partial charge is 0.271 e. The molecule has 0 saturated carbocycles. The summed E-state index contributed by atoms with van der Waals surface area (Å²) in [5, 5.41) is 1.27. The Morgan fingerprint density at radius 1 is 0.844 bits per heavy atom. The Bertz CT molecular complexity index is 1310. The largest absolute Gasteiger partial charge is 0.457 e. The number of benzene rings is 3.